The topological polar surface area (TPSA) is 52.9 Å². The minimum atomic E-state index is -0.181. The Bertz CT molecular complexity index is 878. The quantitative estimate of drug-likeness (QED) is 0.786. The molecule has 3 aromatic rings. The number of hydrogen-bond donors (Lipinski definition) is 1. The first-order valence-electron chi connectivity index (χ1n) is 7.69. The van der Waals surface area contributed by atoms with E-state index < -0.39 is 0 Å². The first-order chi connectivity index (χ1) is 11.8. The summed E-state index contributed by atoms with van der Waals surface area (Å²) in [7, 11) is 0. The van der Waals surface area contributed by atoms with Crippen LogP contribution in [0.1, 0.15) is 21.5 Å². The van der Waals surface area contributed by atoms with Crippen LogP contribution in [0, 0.1) is 11.3 Å². The van der Waals surface area contributed by atoms with Crippen molar-refractivity contribution in [2.24, 2.45) is 0 Å². The Labute approximate surface area is 141 Å². The molecule has 0 spiro atoms. The van der Waals surface area contributed by atoms with Gasteiger partial charge in [0.15, 0.2) is 0 Å². The second-order valence-electron chi connectivity index (χ2n) is 5.44. The van der Waals surface area contributed by atoms with Crippen molar-refractivity contribution in [3.05, 3.63) is 95.6 Å². The standard InChI is InChI=1S/C21H16N2O/c22-14-17-5-4-8-20(13-17)21(24)23-15-16-9-11-19(12-10-16)18-6-2-1-3-7-18/h1-13H,15H2,(H,23,24). The monoisotopic (exact) mass is 312 g/mol. The van der Waals surface area contributed by atoms with Gasteiger partial charge in [0, 0.05) is 12.1 Å². The van der Waals surface area contributed by atoms with Gasteiger partial charge in [0.05, 0.1) is 11.6 Å². The fourth-order valence-electron chi connectivity index (χ4n) is 2.46. The lowest BCUT2D eigenvalue weighted by Crippen LogP contribution is -2.22. The molecular weight excluding hydrogens is 296 g/mol. The van der Waals surface area contributed by atoms with E-state index in [4.69, 9.17) is 5.26 Å². The summed E-state index contributed by atoms with van der Waals surface area (Å²) in [6.45, 7) is 0.449. The Morgan fingerprint density at radius 2 is 1.58 bits per heavy atom. The molecule has 3 rings (SSSR count). The van der Waals surface area contributed by atoms with Crippen LogP contribution in [0.4, 0.5) is 0 Å². The van der Waals surface area contributed by atoms with Crippen LogP contribution in [0.2, 0.25) is 0 Å². The summed E-state index contributed by atoms with van der Waals surface area (Å²) >= 11 is 0. The van der Waals surface area contributed by atoms with Crippen molar-refractivity contribution in [1.82, 2.24) is 5.32 Å². The molecule has 0 aliphatic heterocycles. The van der Waals surface area contributed by atoms with Gasteiger partial charge in [-0.3, -0.25) is 4.79 Å². The molecule has 116 valence electrons. The van der Waals surface area contributed by atoms with Gasteiger partial charge in [-0.05, 0) is 34.9 Å². The maximum absolute atomic E-state index is 12.2. The second-order valence-corrected chi connectivity index (χ2v) is 5.44. The summed E-state index contributed by atoms with van der Waals surface area (Å²) in [5.41, 5.74) is 4.32. The number of carbonyl (C=O) groups is 1. The van der Waals surface area contributed by atoms with Gasteiger partial charge < -0.3 is 5.32 Å². The van der Waals surface area contributed by atoms with Gasteiger partial charge in [-0.1, -0.05) is 60.7 Å². The predicted octanol–water partition coefficient (Wildman–Crippen LogP) is 4.16. The second kappa shape index (κ2) is 7.26. The average Bonchev–Trinajstić information content (AvgIpc) is 2.67. The van der Waals surface area contributed by atoms with Gasteiger partial charge in [0.25, 0.3) is 5.91 Å². The highest BCUT2D eigenvalue weighted by molar-refractivity contribution is 5.94. The van der Waals surface area contributed by atoms with Gasteiger partial charge in [-0.15, -0.1) is 0 Å². The molecule has 1 N–H and O–H groups in total. The van der Waals surface area contributed by atoms with E-state index in [-0.39, 0.29) is 5.91 Å². The summed E-state index contributed by atoms with van der Waals surface area (Å²) in [5.74, 6) is -0.181. The van der Waals surface area contributed by atoms with Gasteiger partial charge in [0.2, 0.25) is 0 Å². The van der Waals surface area contributed by atoms with Crippen LogP contribution in [0.3, 0.4) is 0 Å². The molecule has 0 fully saturated rings. The highest BCUT2D eigenvalue weighted by Crippen LogP contribution is 2.19. The van der Waals surface area contributed by atoms with E-state index in [2.05, 4.69) is 17.4 Å². The summed E-state index contributed by atoms with van der Waals surface area (Å²) in [4.78, 5) is 12.2. The Morgan fingerprint density at radius 1 is 0.875 bits per heavy atom. The smallest absolute Gasteiger partial charge is 0.251 e. The molecule has 0 bridgehead atoms. The van der Waals surface area contributed by atoms with E-state index in [1.807, 2.05) is 48.5 Å². The number of amides is 1. The van der Waals surface area contributed by atoms with Gasteiger partial charge >= 0.3 is 0 Å². The van der Waals surface area contributed by atoms with E-state index in [1.54, 1.807) is 24.3 Å². The van der Waals surface area contributed by atoms with Crippen molar-refractivity contribution < 1.29 is 4.79 Å². The zero-order chi connectivity index (χ0) is 16.8. The third kappa shape index (κ3) is 3.68. The Kier molecular flexibility index (Phi) is 4.69. The molecule has 0 atom stereocenters. The van der Waals surface area contributed by atoms with Crippen LogP contribution in [0.25, 0.3) is 11.1 Å². The van der Waals surface area contributed by atoms with Crippen LogP contribution in [0.5, 0.6) is 0 Å². The molecule has 0 aliphatic carbocycles. The van der Waals surface area contributed by atoms with Crippen LogP contribution < -0.4 is 5.32 Å². The lowest BCUT2D eigenvalue weighted by Gasteiger charge is -2.07. The van der Waals surface area contributed by atoms with E-state index in [0.717, 1.165) is 11.1 Å². The normalized spacial score (nSPS) is 9.96. The number of nitrogens with zero attached hydrogens (tertiary/aromatic N) is 1. The third-order valence-corrected chi connectivity index (χ3v) is 3.77. The fourth-order valence-corrected chi connectivity index (χ4v) is 2.46. The number of benzene rings is 3. The van der Waals surface area contributed by atoms with E-state index in [1.165, 1.54) is 5.56 Å². The number of hydrogen-bond acceptors (Lipinski definition) is 2. The van der Waals surface area contributed by atoms with Crippen molar-refractivity contribution in [2.75, 3.05) is 0 Å². The van der Waals surface area contributed by atoms with E-state index in [0.29, 0.717) is 17.7 Å². The zero-order valence-electron chi connectivity index (χ0n) is 13.1. The van der Waals surface area contributed by atoms with Crippen molar-refractivity contribution >= 4 is 5.91 Å². The molecule has 1 amide bonds. The van der Waals surface area contributed by atoms with Crippen LogP contribution in [-0.4, -0.2) is 5.91 Å². The minimum Gasteiger partial charge on any atom is -0.348 e. The van der Waals surface area contributed by atoms with Crippen LogP contribution in [0.15, 0.2) is 78.9 Å². The zero-order valence-corrected chi connectivity index (χ0v) is 13.1. The summed E-state index contributed by atoms with van der Waals surface area (Å²) in [6.07, 6.45) is 0. The van der Waals surface area contributed by atoms with Crippen molar-refractivity contribution in [1.29, 1.82) is 5.26 Å². The third-order valence-electron chi connectivity index (χ3n) is 3.77. The average molecular weight is 312 g/mol. The van der Waals surface area contributed by atoms with E-state index >= 15 is 0 Å². The van der Waals surface area contributed by atoms with Crippen LogP contribution in [-0.2, 0) is 6.54 Å². The molecule has 0 unspecified atom stereocenters. The number of nitriles is 1. The highest BCUT2D eigenvalue weighted by Gasteiger charge is 2.06. The lowest BCUT2D eigenvalue weighted by atomic mass is 10.0. The molecule has 0 aliphatic rings. The number of carbonyl (C=O) groups excluding carboxylic acids is 1. The van der Waals surface area contributed by atoms with Gasteiger partial charge in [0.1, 0.15) is 0 Å². The maximum Gasteiger partial charge on any atom is 0.251 e. The molecular formula is C21H16N2O. The first kappa shape index (κ1) is 15.5. The predicted molar refractivity (Wildman–Crippen MR) is 94.2 cm³/mol. The number of rotatable bonds is 4. The van der Waals surface area contributed by atoms with Gasteiger partial charge in [-0.2, -0.15) is 5.26 Å². The molecule has 24 heavy (non-hydrogen) atoms. The first-order valence-corrected chi connectivity index (χ1v) is 7.69. The molecule has 0 radical (unpaired) electrons. The Hall–Kier alpha value is -3.38. The molecule has 3 aromatic carbocycles. The summed E-state index contributed by atoms with van der Waals surface area (Å²) in [6, 6.07) is 27.0. The maximum atomic E-state index is 12.2. The fraction of sp³-hybridized carbons (Fsp3) is 0.0476. The molecule has 0 saturated heterocycles. The van der Waals surface area contributed by atoms with Gasteiger partial charge in [-0.25, -0.2) is 0 Å². The summed E-state index contributed by atoms with van der Waals surface area (Å²) in [5, 5.41) is 11.8. The van der Waals surface area contributed by atoms with Crippen molar-refractivity contribution in [3.8, 4) is 17.2 Å². The minimum absolute atomic E-state index is 0.181. The molecule has 0 saturated carbocycles. The molecule has 3 nitrogen and oxygen atoms in total. The van der Waals surface area contributed by atoms with Crippen molar-refractivity contribution in [3.63, 3.8) is 0 Å². The number of nitrogens with one attached hydrogen (secondary N) is 1. The SMILES string of the molecule is N#Cc1cccc(C(=O)NCc2ccc(-c3ccccc3)cc2)c1. The Morgan fingerprint density at radius 3 is 2.29 bits per heavy atom. The molecule has 0 aromatic heterocycles. The van der Waals surface area contributed by atoms with E-state index in [9.17, 15) is 4.79 Å². The largest absolute Gasteiger partial charge is 0.348 e. The highest BCUT2D eigenvalue weighted by atomic mass is 16.1. The van der Waals surface area contributed by atoms with Crippen molar-refractivity contribution in [2.45, 2.75) is 6.54 Å². The summed E-state index contributed by atoms with van der Waals surface area (Å²) < 4.78 is 0. The molecule has 0 heterocycles. The Balaban J connectivity index is 1.64. The van der Waals surface area contributed by atoms with Crippen LogP contribution >= 0.6 is 0 Å². The lowest BCUT2D eigenvalue weighted by molar-refractivity contribution is 0.0951. The molecule has 3 heteroatoms.